The van der Waals surface area contributed by atoms with Crippen molar-refractivity contribution in [2.24, 2.45) is 11.3 Å². The van der Waals surface area contributed by atoms with Gasteiger partial charge in [-0.3, -0.25) is 9.69 Å². The Kier molecular flexibility index (Phi) is 4.05. The monoisotopic (exact) mass is 323 g/mol. The van der Waals surface area contributed by atoms with Crippen molar-refractivity contribution in [1.82, 2.24) is 9.80 Å². The lowest BCUT2D eigenvalue weighted by atomic mass is 9.78. The molecule has 4 rings (SSSR count). The quantitative estimate of drug-likeness (QED) is 0.856. The van der Waals surface area contributed by atoms with Crippen molar-refractivity contribution in [3.63, 3.8) is 0 Å². The minimum absolute atomic E-state index is 0.158. The van der Waals surface area contributed by atoms with Gasteiger partial charge >= 0.3 is 0 Å². The number of hydrogen-bond donors (Lipinski definition) is 0. The van der Waals surface area contributed by atoms with E-state index in [4.69, 9.17) is 0 Å². The molecule has 0 N–H and O–H groups in total. The maximum absolute atomic E-state index is 13.1. The van der Waals surface area contributed by atoms with Crippen LogP contribution in [-0.4, -0.2) is 41.9 Å². The summed E-state index contributed by atoms with van der Waals surface area (Å²) in [5.74, 6) is 1.17. The van der Waals surface area contributed by atoms with Crippen LogP contribution in [0.5, 0.6) is 0 Å². The molecule has 1 aromatic rings. The van der Waals surface area contributed by atoms with E-state index in [9.17, 15) is 10.1 Å². The first-order chi connectivity index (χ1) is 11.7. The molecule has 3 aliphatic rings. The van der Waals surface area contributed by atoms with Crippen molar-refractivity contribution < 1.29 is 4.79 Å². The van der Waals surface area contributed by atoms with Gasteiger partial charge in [-0.2, -0.15) is 5.26 Å². The van der Waals surface area contributed by atoms with E-state index < -0.39 is 0 Å². The molecule has 0 bridgehead atoms. The van der Waals surface area contributed by atoms with Gasteiger partial charge in [0.25, 0.3) is 0 Å². The van der Waals surface area contributed by atoms with Crippen LogP contribution in [0.2, 0.25) is 0 Å². The number of nitriles is 1. The van der Waals surface area contributed by atoms with Crippen LogP contribution in [0.15, 0.2) is 24.3 Å². The normalized spacial score (nSPS) is 27.6. The molecule has 1 aromatic carbocycles. The molecule has 24 heavy (non-hydrogen) atoms. The van der Waals surface area contributed by atoms with Gasteiger partial charge in [0.05, 0.1) is 17.0 Å². The average molecular weight is 323 g/mol. The highest BCUT2D eigenvalue weighted by molar-refractivity contribution is 5.84. The maximum Gasteiger partial charge on any atom is 0.230 e. The zero-order chi connectivity index (χ0) is 16.6. The van der Waals surface area contributed by atoms with Gasteiger partial charge in [-0.05, 0) is 56.2 Å². The number of carbonyl (C=O) groups is 1. The summed E-state index contributed by atoms with van der Waals surface area (Å²) in [6.07, 6.45) is 5.74. The Morgan fingerprint density at radius 3 is 2.83 bits per heavy atom. The second-order valence-corrected chi connectivity index (χ2v) is 7.81. The SMILES string of the molecule is N#Cc1ccccc1CN1CC[C@]2(CCCN(CC3CC3)C2=O)C1. The molecular formula is C20H25N3O. The average Bonchev–Trinajstić information content (AvgIpc) is 3.33. The molecule has 1 atom stereocenters. The Balaban J connectivity index is 1.45. The Morgan fingerprint density at radius 2 is 2.04 bits per heavy atom. The number of likely N-dealkylation sites (tertiary alicyclic amines) is 2. The van der Waals surface area contributed by atoms with E-state index in [0.29, 0.717) is 5.91 Å². The summed E-state index contributed by atoms with van der Waals surface area (Å²) in [7, 11) is 0. The topological polar surface area (TPSA) is 47.3 Å². The highest BCUT2D eigenvalue weighted by atomic mass is 16.2. The lowest BCUT2D eigenvalue weighted by Crippen LogP contribution is -2.50. The van der Waals surface area contributed by atoms with E-state index in [-0.39, 0.29) is 5.41 Å². The summed E-state index contributed by atoms with van der Waals surface area (Å²) in [5.41, 5.74) is 1.67. The number of piperidine rings is 1. The van der Waals surface area contributed by atoms with Crippen molar-refractivity contribution in [2.45, 2.75) is 38.6 Å². The molecule has 1 amide bonds. The van der Waals surface area contributed by atoms with Gasteiger partial charge in [0.15, 0.2) is 0 Å². The zero-order valence-electron chi connectivity index (χ0n) is 14.2. The summed E-state index contributed by atoms with van der Waals surface area (Å²) >= 11 is 0. The van der Waals surface area contributed by atoms with Gasteiger partial charge in [-0.15, -0.1) is 0 Å². The number of benzene rings is 1. The summed E-state index contributed by atoms with van der Waals surface area (Å²) in [5, 5.41) is 9.27. The fourth-order valence-corrected chi connectivity index (χ4v) is 4.42. The minimum Gasteiger partial charge on any atom is -0.342 e. The highest BCUT2D eigenvalue weighted by Crippen LogP contribution is 2.42. The molecule has 0 aromatic heterocycles. The smallest absolute Gasteiger partial charge is 0.230 e. The molecular weight excluding hydrogens is 298 g/mol. The highest BCUT2D eigenvalue weighted by Gasteiger charge is 2.48. The fraction of sp³-hybridized carbons (Fsp3) is 0.600. The molecule has 126 valence electrons. The first kappa shape index (κ1) is 15.7. The number of amides is 1. The summed E-state index contributed by atoms with van der Waals surface area (Å²) in [4.78, 5) is 17.6. The van der Waals surface area contributed by atoms with Crippen LogP contribution in [0.4, 0.5) is 0 Å². The van der Waals surface area contributed by atoms with E-state index in [1.807, 2.05) is 24.3 Å². The number of carbonyl (C=O) groups excluding carboxylic acids is 1. The lowest BCUT2D eigenvalue weighted by Gasteiger charge is -2.39. The van der Waals surface area contributed by atoms with Crippen LogP contribution < -0.4 is 0 Å². The third-order valence-corrected chi connectivity index (χ3v) is 5.96. The van der Waals surface area contributed by atoms with E-state index in [2.05, 4.69) is 15.9 Å². The summed E-state index contributed by atoms with van der Waals surface area (Å²) in [6.45, 7) is 4.53. The van der Waals surface area contributed by atoms with Crippen LogP contribution in [0, 0.1) is 22.7 Å². The molecule has 3 fully saturated rings. The van der Waals surface area contributed by atoms with Crippen LogP contribution in [0.25, 0.3) is 0 Å². The second-order valence-electron chi connectivity index (χ2n) is 7.81. The first-order valence-corrected chi connectivity index (χ1v) is 9.20. The van der Waals surface area contributed by atoms with Crippen LogP contribution >= 0.6 is 0 Å². The van der Waals surface area contributed by atoms with Crippen molar-refractivity contribution in [3.05, 3.63) is 35.4 Å². The second kappa shape index (κ2) is 6.22. The van der Waals surface area contributed by atoms with Crippen LogP contribution in [0.1, 0.15) is 43.2 Å². The van der Waals surface area contributed by atoms with Gasteiger partial charge in [0, 0.05) is 26.2 Å². The molecule has 4 nitrogen and oxygen atoms in total. The van der Waals surface area contributed by atoms with Gasteiger partial charge in [0.1, 0.15) is 0 Å². The van der Waals surface area contributed by atoms with Gasteiger partial charge < -0.3 is 4.90 Å². The minimum atomic E-state index is -0.158. The summed E-state index contributed by atoms with van der Waals surface area (Å²) in [6, 6.07) is 10.1. The predicted octanol–water partition coefficient (Wildman–Crippen LogP) is 2.78. The molecule has 4 heteroatoms. The third-order valence-electron chi connectivity index (χ3n) is 5.96. The molecule has 0 unspecified atom stereocenters. The van der Waals surface area contributed by atoms with Crippen molar-refractivity contribution in [3.8, 4) is 6.07 Å². The number of nitrogens with zero attached hydrogens (tertiary/aromatic N) is 3. The molecule has 2 saturated heterocycles. The molecule has 2 heterocycles. The predicted molar refractivity (Wildman–Crippen MR) is 92.0 cm³/mol. The fourth-order valence-electron chi connectivity index (χ4n) is 4.42. The largest absolute Gasteiger partial charge is 0.342 e. The zero-order valence-corrected chi connectivity index (χ0v) is 14.2. The molecule has 2 aliphatic heterocycles. The first-order valence-electron chi connectivity index (χ1n) is 9.20. The molecule has 0 radical (unpaired) electrons. The maximum atomic E-state index is 13.1. The molecule has 1 spiro atoms. The van der Waals surface area contributed by atoms with E-state index in [1.165, 1.54) is 12.8 Å². The van der Waals surface area contributed by atoms with Crippen LogP contribution in [0.3, 0.4) is 0 Å². The number of hydrogen-bond acceptors (Lipinski definition) is 3. The van der Waals surface area contributed by atoms with E-state index >= 15 is 0 Å². The lowest BCUT2D eigenvalue weighted by molar-refractivity contribution is -0.145. The van der Waals surface area contributed by atoms with Gasteiger partial charge in [0.2, 0.25) is 5.91 Å². The van der Waals surface area contributed by atoms with Gasteiger partial charge in [-0.25, -0.2) is 0 Å². The number of rotatable bonds is 4. The van der Waals surface area contributed by atoms with E-state index in [1.54, 1.807) is 0 Å². The van der Waals surface area contributed by atoms with E-state index in [0.717, 1.165) is 69.0 Å². The molecule has 1 aliphatic carbocycles. The molecule has 1 saturated carbocycles. The Bertz CT molecular complexity index is 676. The van der Waals surface area contributed by atoms with Gasteiger partial charge in [-0.1, -0.05) is 18.2 Å². The summed E-state index contributed by atoms with van der Waals surface area (Å²) < 4.78 is 0. The van der Waals surface area contributed by atoms with Crippen molar-refractivity contribution in [1.29, 1.82) is 5.26 Å². The standard InChI is InChI=1S/C20H25N3O/c21-12-17-4-1-2-5-18(17)14-22-11-9-20(15-22)8-3-10-23(19(20)24)13-16-6-7-16/h1-2,4-5,16H,3,6-11,13-15H2/t20-/m1/s1. The van der Waals surface area contributed by atoms with Crippen LogP contribution in [-0.2, 0) is 11.3 Å². The Morgan fingerprint density at radius 1 is 1.21 bits per heavy atom. The van der Waals surface area contributed by atoms with Crippen molar-refractivity contribution in [2.75, 3.05) is 26.2 Å². The van der Waals surface area contributed by atoms with Crippen molar-refractivity contribution >= 4 is 5.91 Å². The third kappa shape index (κ3) is 2.93. The Labute approximate surface area is 144 Å². The Hall–Kier alpha value is -1.86.